The van der Waals surface area contributed by atoms with Gasteiger partial charge in [0, 0.05) is 46.9 Å². The third kappa shape index (κ3) is 12.3. The van der Waals surface area contributed by atoms with Gasteiger partial charge in [-0.2, -0.15) is 11.8 Å². The smallest absolute Gasteiger partial charge is 0.191 e. The van der Waals surface area contributed by atoms with Gasteiger partial charge >= 0.3 is 0 Å². The number of methoxy groups -OCH3 is 1. The molecule has 0 radical (unpaired) electrons. The van der Waals surface area contributed by atoms with Gasteiger partial charge in [0.05, 0.1) is 0 Å². The summed E-state index contributed by atoms with van der Waals surface area (Å²) in [5, 5.41) is 6.64. The lowest BCUT2D eigenvalue weighted by Gasteiger charge is -2.18. The first kappa shape index (κ1) is 18.5. The van der Waals surface area contributed by atoms with Crippen molar-refractivity contribution in [3.63, 3.8) is 0 Å². The molecule has 0 aliphatic rings. The quantitative estimate of drug-likeness (QED) is 0.336. The standard InChI is InChI=1S/C13H30N4OS/c1-14-13(15-7-5-12-19-4)16-8-10-17(2)9-6-11-18-3/h5-12H2,1-4H3,(H2,14,15,16). The lowest BCUT2D eigenvalue weighted by Crippen LogP contribution is -2.41. The first-order valence-corrected chi connectivity index (χ1v) is 8.25. The van der Waals surface area contributed by atoms with E-state index in [1.54, 1.807) is 7.11 Å². The van der Waals surface area contributed by atoms with Crippen LogP contribution in [0.4, 0.5) is 0 Å². The van der Waals surface area contributed by atoms with Crippen molar-refractivity contribution >= 4 is 17.7 Å². The van der Waals surface area contributed by atoms with Gasteiger partial charge in [-0.1, -0.05) is 0 Å². The summed E-state index contributed by atoms with van der Waals surface area (Å²) < 4.78 is 5.04. The number of likely N-dealkylation sites (N-methyl/N-ethyl adjacent to an activating group) is 1. The van der Waals surface area contributed by atoms with Gasteiger partial charge in [-0.3, -0.25) is 4.99 Å². The number of hydrogen-bond donors (Lipinski definition) is 2. The van der Waals surface area contributed by atoms with Crippen molar-refractivity contribution in [1.82, 2.24) is 15.5 Å². The van der Waals surface area contributed by atoms with Crippen LogP contribution in [-0.4, -0.2) is 76.9 Å². The maximum atomic E-state index is 5.04. The van der Waals surface area contributed by atoms with Crippen LogP contribution in [0.2, 0.25) is 0 Å². The molecule has 2 N–H and O–H groups in total. The highest BCUT2D eigenvalue weighted by Crippen LogP contribution is 1.93. The molecule has 5 nitrogen and oxygen atoms in total. The molecule has 0 aromatic carbocycles. The molecule has 19 heavy (non-hydrogen) atoms. The SMILES string of the molecule is CN=C(NCCCSC)NCCN(C)CCCOC. The van der Waals surface area contributed by atoms with Crippen molar-refractivity contribution in [3.05, 3.63) is 0 Å². The zero-order chi connectivity index (χ0) is 14.3. The van der Waals surface area contributed by atoms with Crippen LogP contribution in [0.3, 0.4) is 0 Å². The topological polar surface area (TPSA) is 48.9 Å². The Morgan fingerprint density at radius 2 is 1.95 bits per heavy atom. The van der Waals surface area contributed by atoms with Crippen LogP contribution in [0.5, 0.6) is 0 Å². The van der Waals surface area contributed by atoms with Crippen LogP contribution < -0.4 is 10.6 Å². The van der Waals surface area contributed by atoms with E-state index in [0.717, 1.165) is 45.2 Å². The fourth-order valence-electron chi connectivity index (χ4n) is 1.60. The average molecular weight is 290 g/mol. The summed E-state index contributed by atoms with van der Waals surface area (Å²) in [6.45, 7) is 4.79. The maximum absolute atomic E-state index is 5.04. The van der Waals surface area contributed by atoms with Gasteiger partial charge in [0.1, 0.15) is 0 Å². The third-order valence-corrected chi connectivity index (χ3v) is 3.41. The van der Waals surface area contributed by atoms with E-state index in [9.17, 15) is 0 Å². The lowest BCUT2D eigenvalue weighted by atomic mass is 10.4. The second kappa shape index (κ2) is 14.0. The molecule has 0 saturated heterocycles. The minimum Gasteiger partial charge on any atom is -0.385 e. The Balaban J connectivity index is 3.55. The van der Waals surface area contributed by atoms with Crippen LogP contribution in [-0.2, 0) is 4.74 Å². The van der Waals surface area contributed by atoms with Gasteiger partial charge < -0.3 is 20.3 Å². The number of guanidine groups is 1. The van der Waals surface area contributed by atoms with Gasteiger partial charge in [0.2, 0.25) is 0 Å². The number of ether oxygens (including phenoxy) is 1. The molecule has 0 fully saturated rings. The number of thioether (sulfide) groups is 1. The molecule has 0 unspecified atom stereocenters. The predicted octanol–water partition coefficient (Wildman–Crippen LogP) is 0.873. The Labute approximate surface area is 122 Å². The van der Waals surface area contributed by atoms with E-state index in [1.807, 2.05) is 18.8 Å². The van der Waals surface area contributed by atoms with E-state index in [1.165, 1.54) is 12.2 Å². The molecule has 0 aromatic rings. The van der Waals surface area contributed by atoms with Crippen molar-refractivity contribution in [2.45, 2.75) is 12.8 Å². The largest absolute Gasteiger partial charge is 0.385 e. The van der Waals surface area contributed by atoms with Crippen LogP contribution >= 0.6 is 11.8 Å². The number of aliphatic imine (C=N–C) groups is 1. The minimum atomic E-state index is 0.830. The van der Waals surface area contributed by atoms with Gasteiger partial charge in [-0.15, -0.1) is 0 Å². The molecule has 0 bridgehead atoms. The van der Waals surface area contributed by atoms with Crippen molar-refractivity contribution in [2.24, 2.45) is 4.99 Å². The highest BCUT2D eigenvalue weighted by atomic mass is 32.2. The normalized spacial score (nSPS) is 11.9. The highest BCUT2D eigenvalue weighted by molar-refractivity contribution is 7.98. The van der Waals surface area contributed by atoms with E-state index >= 15 is 0 Å². The molecule has 0 heterocycles. The van der Waals surface area contributed by atoms with Gasteiger partial charge in [0.25, 0.3) is 0 Å². The summed E-state index contributed by atoms with van der Waals surface area (Å²) in [5.74, 6) is 2.08. The van der Waals surface area contributed by atoms with Crippen LogP contribution in [0, 0.1) is 0 Å². The first-order valence-electron chi connectivity index (χ1n) is 6.85. The molecule has 114 valence electrons. The zero-order valence-electron chi connectivity index (χ0n) is 12.9. The number of hydrogen-bond acceptors (Lipinski definition) is 4. The summed E-state index contributed by atoms with van der Waals surface area (Å²) in [5.41, 5.74) is 0. The average Bonchev–Trinajstić information content (AvgIpc) is 2.41. The van der Waals surface area contributed by atoms with E-state index in [2.05, 4.69) is 33.8 Å². The molecule has 0 aliphatic carbocycles. The Morgan fingerprint density at radius 1 is 1.21 bits per heavy atom. The Kier molecular flexibility index (Phi) is 13.6. The Hall–Kier alpha value is -0.460. The fourth-order valence-corrected chi connectivity index (χ4v) is 2.03. The highest BCUT2D eigenvalue weighted by Gasteiger charge is 2.00. The summed E-state index contributed by atoms with van der Waals surface area (Å²) in [7, 11) is 5.69. The predicted molar refractivity (Wildman–Crippen MR) is 86.4 cm³/mol. The van der Waals surface area contributed by atoms with E-state index in [-0.39, 0.29) is 0 Å². The molecule has 0 atom stereocenters. The summed E-state index contributed by atoms with van der Waals surface area (Å²) in [6, 6.07) is 0. The fraction of sp³-hybridized carbons (Fsp3) is 0.923. The van der Waals surface area contributed by atoms with Crippen molar-refractivity contribution in [2.75, 3.05) is 66.0 Å². The second-order valence-electron chi connectivity index (χ2n) is 4.42. The number of rotatable bonds is 11. The molecule has 0 aromatic heterocycles. The van der Waals surface area contributed by atoms with Crippen LogP contribution in [0.1, 0.15) is 12.8 Å². The molecule has 0 spiro atoms. The van der Waals surface area contributed by atoms with Crippen LogP contribution in [0.15, 0.2) is 4.99 Å². The van der Waals surface area contributed by atoms with Crippen molar-refractivity contribution in [3.8, 4) is 0 Å². The second-order valence-corrected chi connectivity index (χ2v) is 5.41. The molecular formula is C13H30N4OS. The van der Waals surface area contributed by atoms with E-state index in [4.69, 9.17) is 4.74 Å². The van der Waals surface area contributed by atoms with Gasteiger partial charge in [-0.25, -0.2) is 0 Å². The Bertz CT molecular complexity index is 227. The minimum absolute atomic E-state index is 0.830. The molecule has 0 amide bonds. The van der Waals surface area contributed by atoms with Gasteiger partial charge in [-0.05, 0) is 31.9 Å². The molecular weight excluding hydrogens is 260 g/mol. The van der Waals surface area contributed by atoms with Crippen LogP contribution in [0.25, 0.3) is 0 Å². The van der Waals surface area contributed by atoms with Gasteiger partial charge in [0.15, 0.2) is 5.96 Å². The van der Waals surface area contributed by atoms with E-state index in [0.29, 0.717) is 0 Å². The summed E-state index contributed by atoms with van der Waals surface area (Å²) >= 11 is 1.87. The maximum Gasteiger partial charge on any atom is 0.191 e. The van der Waals surface area contributed by atoms with Crippen molar-refractivity contribution < 1.29 is 4.74 Å². The lowest BCUT2D eigenvalue weighted by molar-refractivity contribution is 0.180. The molecule has 6 heteroatoms. The molecule has 0 saturated carbocycles. The number of nitrogens with zero attached hydrogens (tertiary/aromatic N) is 2. The monoisotopic (exact) mass is 290 g/mol. The third-order valence-electron chi connectivity index (χ3n) is 2.72. The molecule has 0 aliphatic heterocycles. The van der Waals surface area contributed by atoms with Crippen molar-refractivity contribution in [1.29, 1.82) is 0 Å². The van der Waals surface area contributed by atoms with E-state index < -0.39 is 0 Å². The summed E-state index contributed by atoms with van der Waals surface area (Å²) in [4.78, 5) is 6.51. The Morgan fingerprint density at radius 3 is 2.58 bits per heavy atom. The molecule has 0 rings (SSSR count). The first-order chi connectivity index (χ1) is 9.24. The zero-order valence-corrected chi connectivity index (χ0v) is 13.7. The summed E-state index contributed by atoms with van der Waals surface area (Å²) in [6.07, 6.45) is 4.37. The number of nitrogens with one attached hydrogen (secondary N) is 2.